The van der Waals surface area contributed by atoms with E-state index in [2.05, 4.69) is 47.5 Å². The van der Waals surface area contributed by atoms with E-state index >= 15 is 0 Å². The van der Waals surface area contributed by atoms with E-state index in [9.17, 15) is 0 Å². The van der Waals surface area contributed by atoms with Crippen LogP contribution in [-0.4, -0.2) is 30.6 Å². The Morgan fingerprint density at radius 1 is 1.17 bits per heavy atom. The predicted octanol–water partition coefficient (Wildman–Crippen LogP) is 2.65. The van der Waals surface area contributed by atoms with E-state index < -0.39 is 0 Å². The number of benzene rings is 1. The van der Waals surface area contributed by atoms with E-state index in [0.29, 0.717) is 5.41 Å². The summed E-state index contributed by atoms with van der Waals surface area (Å²) < 4.78 is 0. The summed E-state index contributed by atoms with van der Waals surface area (Å²) in [5.74, 6) is 0. The normalized spacial score (nSPS) is 27.7. The van der Waals surface area contributed by atoms with E-state index in [4.69, 9.17) is 0 Å². The van der Waals surface area contributed by atoms with Gasteiger partial charge < -0.3 is 5.32 Å². The molecular weight excluding hydrogens is 220 g/mol. The maximum atomic E-state index is 3.50. The second kappa shape index (κ2) is 5.02. The van der Waals surface area contributed by atoms with Crippen molar-refractivity contribution in [1.29, 1.82) is 0 Å². The Kier molecular flexibility index (Phi) is 3.40. The molecule has 1 spiro atoms. The quantitative estimate of drug-likeness (QED) is 0.860. The largest absolute Gasteiger partial charge is 0.317 e. The zero-order valence-electron chi connectivity index (χ0n) is 11.4. The van der Waals surface area contributed by atoms with Crippen molar-refractivity contribution in [3.63, 3.8) is 0 Å². The number of likely N-dealkylation sites (tertiary alicyclic amines) is 1. The van der Waals surface area contributed by atoms with Gasteiger partial charge in [-0.15, -0.1) is 0 Å². The molecule has 2 fully saturated rings. The van der Waals surface area contributed by atoms with Gasteiger partial charge in [-0.3, -0.25) is 4.90 Å². The molecule has 0 bridgehead atoms. The number of nitrogens with zero attached hydrogens (tertiary/aromatic N) is 1. The lowest BCUT2D eigenvalue weighted by molar-refractivity contribution is 0.124. The standard InChI is InChI=1S/C16H24N2/c1-14-16(7-10-17-11-8-16)9-12-18(14)13-15-5-3-2-4-6-15/h2-6,14,17H,7-13H2,1H3. The van der Waals surface area contributed by atoms with Crippen LogP contribution in [0.25, 0.3) is 0 Å². The molecule has 0 saturated carbocycles. The summed E-state index contributed by atoms with van der Waals surface area (Å²) in [6, 6.07) is 11.6. The van der Waals surface area contributed by atoms with E-state index in [0.717, 1.165) is 12.6 Å². The minimum absolute atomic E-state index is 0.597. The molecule has 2 heterocycles. The summed E-state index contributed by atoms with van der Waals surface area (Å²) in [5.41, 5.74) is 2.05. The highest BCUT2D eigenvalue weighted by Gasteiger charge is 2.44. The van der Waals surface area contributed by atoms with Crippen LogP contribution in [0, 0.1) is 5.41 Å². The topological polar surface area (TPSA) is 15.3 Å². The zero-order valence-corrected chi connectivity index (χ0v) is 11.4. The minimum atomic E-state index is 0.597. The Balaban J connectivity index is 1.69. The van der Waals surface area contributed by atoms with Gasteiger partial charge in [-0.05, 0) is 56.8 Å². The van der Waals surface area contributed by atoms with E-state index in [1.165, 1.54) is 44.5 Å². The molecule has 1 N–H and O–H groups in total. The first-order chi connectivity index (χ1) is 8.80. The van der Waals surface area contributed by atoms with Gasteiger partial charge in [-0.1, -0.05) is 30.3 Å². The third-order valence-electron chi connectivity index (χ3n) is 5.16. The zero-order chi connectivity index (χ0) is 12.4. The molecule has 1 aromatic rings. The maximum absolute atomic E-state index is 3.50. The second-order valence-corrected chi connectivity index (χ2v) is 5.99. The van der Waals surface area contributed by atoms with Crippen LogP contribution >= 0.6 is 0 Å². The van der Waals surface area contributed by atoms with Crippen LogP contribution in [0.1, 0.15) is 31.7 Å². The summed E-state index contributed by atoms with van der Waals surface area (Å²) in [7, 11) is 0. The molecule has 18 heavy (non-hydrogen) atoms. The van der Waals surface area contributed by atoms with E-state index in [1.807, 2.05) is 0 Å². The van der Waals surface area contributed by atoms with E-state index in [-0.39, 0.29) is 0 Å². The molecule has 1 atom stereocenters. The fourth-order valence-electron chi connectivity index (χ4n) is 3.78. The van der Waals surface area contributed by atoms with Crippen LogP contribution < -0.4 is 5.32 Å². The highest BCUT2D eigenvalue weighted by atomic mass is 15.2. The summed E-state index contributed by atoms with van der Waals surface area (Å²) in [6.07, 6.45) is 4.11. The Bertz CT molecular complexity index is 381. The lowest BCUT2D eigenvalue weighted by atomic mass is 9.73. The Morgan fingerprint density at radius 2 is 1.89 bits per heavy atom. The van der Waals surface area contributed by atoms with Gasteiger partial charge in [-0.25, -0.2) is 0 Å². The monoisotopic (exact) mass is 244 g/mol. The maximum Gasteiger partial charge on any atom is 0.0236 e. The van der Waals surface area contributed by atoms with Crippen molar-refractivity contribution in [2.75, 3.05) is 19.6 Å². The Labute approximate surface area is 110 Å². The summed E-state index contributed by atoms with van der Waals surface area (Å²) in [5, 5.41) is 3.50. The predicted molar refractivity (Wildman–Crippen MR) is 75.5 cm³/mol. The molecule has 0 amide bonds. The average Bonchev–Trinajstić information content (AvgIpc) is 2.71. The molecule has 2 saturated heterocycles. The molecule has 2 aliphatic heterocycles. The summed E-state index contributed by atoms with van der Waals surface area (Å²) >= 11 is 0. The summed E-state index contributed by atoms with van der Waals surface area (Å²) in [4.78, 5) is 2.68. The van der Waals surface area contributed by atoms with Crippen molar-refractivity contribution < 1.29 is 0 Å². The lowest BCUT2D eigenvalue weighted by Crippen LogP contribution is -2.44. The van der Waals surface area contributed by atoms with Crippen LogP contribution in [0.3, 0.4) is 0 Å². The van der Waals surface area contributed by atoms with Gasteiger partial charge in [0.2, 0.25) is 0 Å². The van der Waals surface area contributed by atoms with E-state index in [1.54, 1.807) is 0 Å². The van der Waals surface area contributed by atoms with Crippen molar-refractivity contribution >= 4 is 0 Å². The lowest BCUT2D eigenvalue weighted by Gasteiger charge is -2.39. The van der Waals surface area contributed by atoms with Gasteiger partial charge in [0.1, 0.15) is 0 Å². The molecule has 2 heteroatoms. The number of piperidine rings is 1. The minimum Gasteiger partial charge on any atom is -0.317 e. The molecule has 3 rings (SSSR count). The Hall–Kier alpha value is -0.860. The third-order valence-corrected chi connectivity index (χ3v) is 5.16. The molecule has 98 valence electrons. The molecule has 0 radical (unpaired) electrons. The van der Waals surface area contributed by atoms with Crippen molar-refractivity contribution in [3.8, 4) is 0 Å². The van der Waals surface area contributed by atoms with Crippen LogP contribution in [0.5, 0.6) is 0 Å². The second-order valence-electron chi connectivity index (χ2n) is 5.99. The fraction of sp³-hybridized carbons (Fsp3) is 0.625. The number of rotatable bonds is 2. The molecule has 1 aromatic carbocycles. The van der Waals surface area contributed by atoms with Crippen molar-refractivity contribution in [3.05, 3.63) is 35.9 Å². The van der Waals surface area contributed by atoms with Gasteiger partial charge in [0.25, 0.3) is 0 Å². The van der Waals surface area contributed by atoms with Crippen LogP contribution in [0.4, 0.5) is 0 Å². The molecule has 0 aliphatic carbocycles. The first-order valence-electron chi connectivity index (χ1n) is 7.29. The average molecular weight is 244 g/mol. The highest BCUT2D eigenvalue weighted by Crippen LogP contribution is 2.44. The number of hydrogen-bond donors (Lipinski definition) is 1. The van der Waals surface area contributed by atoms with Gasteiger partial charge in [0, 0.05) is 12.6 Å². The van der Waals surface area contributed by atoms with Gasteiger partial charge >= 0.3 is 0 Å². The van der Waals surface area contributed by atoms with Crippen molar-refractivity contribution in [2.45, 2.75) is 38.8 Å². The number of nitrogens with one attached hydrogen (secondary N) is 1. The van der Waals surface area contributed by atoms with Gasteiger partial charge in [-0.2, -0.15) is 0 Å². The summed E-state index contributed by atoms with van der Waals surface area (Å²) in [6.45, 7) is 7.27. The molecular formula is C16H24N2. The van der Waals surface area contributed by atoms with Crippen molar-refractivity contribution in [1.82, 2.24) is 10.2 Å². The molecule has 0 aromatic heterocycles. The first kappa shape index (κ1) is 12.2. The van der Waals surface area contributed by atoms with Crippen LogP contribution in [0.15, 0.2) is 30.3 Å². The Morgan fingerprint density at radius 3 is 2.61 bits per heavy atom. The molecule has 2 nitrogen and oxygen atoms in total. The fourth-order valence-corrected chi connectivity index (χ4v) is 3.78. The first-order valence-corrected chi connectivity index (χ1v) is 7.29. The number of hydrogen-bond acceptors (Lipinski definition) is 2. The molecule has 2 aliphatic rings. The van der Waals surface area contributed by atoms with Crippen LogP contribution in [0.2, 0.25) is 0 Å². The SMILES string of the molecule is CC1N(Cc2ccccc2)CCC12CCNCC2. The smallest absolute Gasteiger partial charge is 0.0236 e. The van der Waals surface area contributed by atoms with Crippen LogP contribution in [-0.2, 0) is 6.54 Å². The van der Waals surface area contributed by atoms with Crippen molar-refractivity contribution in [2.24, 2.45) is 5.41 Å². The van der Waals surface area contributed by atoms with Gasteiger partial charge in [0.15, 0.2) is 0 Å². The van der Waals surface area contributed by atoms with Gasteiger partial charge in [0.05, 0.1) is 0 Å². The molecule has 1 unspecified atom stereocenters. The highest BCUT2D eigenvalue weighted by molar-refractivity contribution is 5.15. The third kappa shape index (κ3) is 2.19.